The van der Waals surface area contributed by atoms with Crippen molar-refractivity contribution in [2.45, 2.75) is 31.4 Å². The van der Waals surface area contributed by atoms with Crippen molar-refractivity contribution in [2.24, 2.45) is 0 Å². The Kier molecular flexibility index (Phi) is 4.47. The molecule has 0 saturated carbocycles. The first kappa shape index (κ1) is 17.0. The van der Waals surface area contributed by atoms with Crippen LogP contribution in [0.15, 0.2) is 48.9 Å². The summed E-state index contributed by atoms with van der Waals surface area (Å²) in [7, 11) is 0. The normalized spacial score (nSPS) is 19.1. The van der Waals surface area contributed by atoms with Gasteiger partial charge in [0.15, 0.2) is 5.82 Å². The van der Waals surface area contributed by atoms with Gasteiger partial charge in [-0.3, -0.25) is 9.88 Å². The molecule has 138 valence electrons. The number of rotatable bonds is 3. The van der Waals surface area contributed by atoms with Crippen LogP contribution in [-0.4, -0.2) is 39.5 Å². The van der Waals surface area contributed by atoms with Crippen LogP contribution in [0.1, 0.15) is 29.0 Å². The molecule has 0 aromatic carbocycles. The summed E-state index contributed by atoms with van der Waals surface area (Å²) in [4.78, 5) is 18.4. The first-order valence-corrected chi connectivity index (χ1v) is 10.3. The zero-order valence-corrected chi connectivity index (χ0v) is 16.0. The molecule has 0 aliphatic carbocycles. The van der Waals surface area contributed by atoms with Crippen LogP contribution in [0.5, 0.6) is 0 Å². The lowest BCUT2D eigenvalue weighted by Gasteiger charge is -2.43. The highest BCUT2D eigenvalue weighted by Crippen LogP contribution is 2.47. The Bertz CT molecular complexity index is 904. The number of fused-ring (bicyclic) bond motifs is 2. The fourth-order valence-corrected chi connectivity index (χ4v) is 5.48. The average Bonchev–Trinajstić information content (AvgIpc) is 3.18. The quantitative estimate of drug-likeness (QED) is 0.696. The third kappa shape index (κ3) is 3.29. The standard InChI is InChI=1S/C21H22N4OS/c1-2-8-22-17(4-1)15-25-11-6-21(7-12-25)19-16(5-13-26-21)14-18(27-19)20-23-9-3-10-24-20/h1-4,8-10,14H,5-7,11-13,15H2. The topological polar surface area (TPSA) is 51.1 Å². The largest absolute Gasteiger partial charge is 0.369 e. The van der Waals surface area contributed by atoms with Crippen molar-refractivity contribution in [2.75, 3.05) is 19.7 Å². The predicted octanol–water partition coefficient (Wildman–Crippen LogP) is 3.66. The highest BCUT2D eigenvalue weighted by molar-refractivity contribution is 7.15. The van der Waals surface area contributed by atoms with E-state index >= 15 is 0 Å². The summed E-state index contributed by atoms with van der Waals surface area (Å²) in [5, 5.41) is 0. The molecule has 2 aliphatic heterocycles. The Morgan fingerprint density at radius 3 is 2.63 bits per heavy atom. The number of piperidine rings is 1. The summed E-state index contributed by atoms with van der Waals surface area (Å²) in [6.07, 6.45) is 8.53. The van der Waals surface area contributed by atoms with E-state index in [4.69, 9.17) is 4.74 Å². The number of hydrogen-bond donors (Lipinski definition) is 0. The molecule has 5 rings (SSSR count). The molecule has 0 N–H and O–H groups in total. The van der Waals surface area contributed by atoms with E-state index < -0.39 is 0 Å². The van der Waals surface area contributed by atoms with Gasteiger partial charge in [0.05, 0.1) is 17.2 Å². The van der Waals surface area contributed by atoms with Crippen LogP contribution in [-0.2, 0) is 23.3 Å². The summed E-state index contributed by atoms with van der Waals surface area (Å²) in [6.45, 7) is 3.78. The summed E-state index contributed by atoms with van der Waals surface area (Å²) in [5.41, 5.74) is 2.43. The molecule has 1 spiro atoms. The summed E-state index contributed by atoms with van der Waals surface area (Å²) >= 11 is 1.82. The molecule has 0 radical (unpaired) electrons. The van der Waals surface area contributed by atoms with Gasteiger partial charge in [0.2, 0.25) is 0 Å². The first-order valence-electron chi connectivity index (χ1n) is 9.49. The zero-order chi connectivity index (χ0) is 18.1. The molecule has 0 amide bonds. The molecule has 3 aromatic heterocycles. The lowest BCUT2D eigenvalue weighted by Crippen LogP contribution is -2.45. The van der Waals surface area contributed by atoms with E-state index in [1.54, 1.807) is 0 Å². The zero-order valence-electron chi connectivity index (χ0n) is 15.2. The van der Waals surface area contributed by atoms with Gasteiger partial charge in [0, 0.05) is 43.1 Å². The van der Waals surface area contributed by atoms with Gasteiger partial charge in [0.25, 0.3) is 0 Å². The lowest BCUT2D eigenvalue weighted by atomic mass is 9.85. The summed E-state index contributed by atoms with van der Waals surface area (Å²) < 4.78 is 6.41. The second kappa shape index (κ2) is 7.11. The van der Waals surface area contributed by atoms with E-state index in [0.717, 1.165) is 61.9 Å². The van der Waals surface area contributed by atoms with Crippen molar-refractivity contribution in [3.8, 4) is 10.7 Å². The molecule has 0 atom stereocenters. The van der Waals surface area contributed by atoms with Crippen LogP contribution >= 0.6 is 11.3 Å². The van der Waals surface area contributed by atoms with Gasteiger partial charge in [-0.25, -0.2) is 9.97 Å². The van der Waals surface area contributed by atoms with Crippen molar-refractivity contribution in [3.05, 3.63) is 65.1 Å². The van der Waals surface area contributed by atoms with Crippen LogP contribution in [0, 0.1) is 0 Å². The monoisotopic (exact) mass is 378 g/mol. The third-order valence-electron chi connectivity index (χ3n) is 5.53. The predicted molar refractivity (Wildman–Crippen MR) is 105 cm³/mol. The van der Waals surface area contributed by atoms with Crippen LogP contribution < -0.4 is 0 Å². The number of likely N-dealkylation sites (tertiary alicyclic amines) is 1. The number of nitrogens with zero attached hydrogens (tertiary/aromatic N) is 4. The molecule has 5 nitrogen and oxygen atoms in total. The van der Waals surface area contributed by atoms with Gasteiger partial charge in [-0.1, -0.05) is 6.07 Å². The van der Waals surface area contributed by atoms with E-state index in [-0.39, 0.29) is 5.60 Å². The SMILES string of the molecule is c1ccc(CN2CCC3(CC2)OCCc2cc(-c4ncccn4)sc23)nc1. The minimum Gasteiger partial charge on any atom is -0.369 e. The van der Waals surface area contributed by atoms with Crippen LogP contribution in [0.25, 0.3) is 10.7 Å². The number of aromatic nitrogens is 3. The van der Waals surface area contributed by atoms with Crippen molar-refractivity contribution in [3.63, 3.8) is 0 Å². The van der Waals surface area contributed by atoms with Crippen molar-refractivity contribution >= 4 is 11.3 Å². The van der Waals surface area contributed by atoms with Crippen molar-refractivity contribution in [1.29, 1.82) is 0 Å². The van der Waals surface area contributed by atoms with Gasteiger partial charge in [-0.2, -0.15) is 0 Å². The molecule has 0 bridgehead atoms. The summed E-state index contributed by atoms with van der Waals surface area (Å²) in [6, 6.07) is 10.3. The van der Waals surface area contributed by atoms with E-state index in [1.165, 1.54) is 10.4 Å². The Morgan fingerprint density at radius 2 is 1.85 bits per heavy atom. The van der Waals surface area contributed by atoms with Gasteiger partial charge < -0.3 is 4.74 Å². The first-order chi connectivity index (χ1) is 13.3. The van der Waals surface area contributed by atoms with Crippen molar-refractivity contribution < 1.29 is 4.74 Å². The maximum absolute atomic E-state index is 6.41. The second-order valence-corrected chi connectivity index (χ2v) is 8.28. The van der Waals surface area contributed by atoms with Gasteiger partial charge in [-0.15, -0.1) is 11.3 Å². The molecule has 5 heterocycles. The van der Waals surface area contributed by atoms with Crippen LogP contribution in [0.3, 0.4) is 0 Å². The molecule has 0 unspecified atom stereocenters. The van der Waals surface area contributed by atoms with Crippen LogP contribution in [0.4, 0.5) is 0 Å². The van der Waals surface area contributed by atoms with Gasteiger partial charge in [0.1, 0.15) is 5.60 Å². The smallest absolute Gasteiger partial charge is 0.169 e. The Hall–Kier alpha value is -2.15. The molecule has 3 aromatic rings. The molecule has 27 heavy (non-hydrogen) atoms. The molecule has 1 fully saturated rings. The highest BCUT2D eigenvalue weighted by Gasteiger charge is 2.42. The Morgan fingerprint density at radius 1 is 1.04 bits per heavy atom. The maximum atomic E-state index is 6.41. The highest BCUT2D eigenvalue weighted by atomic mass is 32.1. The van der Waals surface area contributed by atoms with E-state index in [0.29, 0.717) is 0 Å². The molecule has 2 aliphatic rings. The molecule has 1 saturated heterocycles. The summed E-state index contributed by atoms with van der Waals surface area (Å²) in [5.74, 6) is 0.819. The van der Waals surface area contributed by atoms with Gasteiger partial charge in [-0.05, 0) is 49.1 Å². The minimum atomic E-state index is -0.133. The average molecular weight is 379 g/mol. The third-order valence-corrected chi connectivity index (χ3v) is 6.89. The molecule has 6 heteroatoms. The number of pyridine rings is 1. The van der Waals surface area contributed by atoms with Gasteiger partial charge >= 0.3 is 0 Å². The Balaban J connectivity index is 1.36. The van der Waals surface area contributed by atoms with Crippen molar-refractivity contribution in [1.82, 2.24) is 19.9 Å². The minimum absolute atomic E-state index is 0.133. The fourth-order valence-electron chi connectivity index (χ4n) is 4.12. The van der Waals surface area contributed by atoms with E-state index in [1.807, 2.05) is 42.1 Å². The molecular formula is C21H22N4OS. The fraction of sp³-hybridized carbons (Fsp3) is 0.381. The lowest BCUT2D eigenvalue weighted by molar-refractivity contribution is -0.0961. The number of thiophene rings is 1. The second-order valence-electron chi connectivity index (χ2n) is 7.23. The number of hydrogen-bond acceptors (Lipinski definition) is 6. The van der Waals surface area contributed by atoms with Crippen LogP contribution in [0.2, 0.25) is 0 Å². The molecular weight excluding hydrogens is 356 g/mol. The van der Waals surface area contributed by atoms with E-state index in [2.05, 4.69) is 38.1 Å². The van der Waals surface area contributed by atoms with E-state index in [9.17, 15) is 0 Å². The maximum Gasteiger partial charge on any atom is 0.169 e. The number of ether oxygens (including phenoxy) is 1. The Labute approximate surface area is 163 Å².